The summed E-state index contributed by atoms with van der Waals surface area (Å²) in [6.07, 6.45) is 0. The van der Waals surface area contributed by atoms with E-state index >= 15 is 0 Å². The van der Waals surface area contributed by atoms with Crippen LogP contribution in [0.4, 0.5) is 0 Å². The van der Waals surface area contributed by atoms with Crippen LogP contribution in [0.5, 0.6) is 11.5 Å². The van der Waals surface area contributed by atoms with E-state index in [1.807, 2.05) is 42.5 Å². The minimum absolute atomic E-state index is 0.271. The van der Waals surface area contributed by atoms with Crippen molar-refractivity contribution in [3.8, 4) is 32.4 Å². The minimum Gasteiger partial charge on any atom is -0.508 e. The SMILES string of the molecule is BrB(Br)Br.COc1ccc2cc(-c3ccccc3)sc2c1.Oc1ccc2cc(-c3ccccc3)sc2c1. The number of ether oxygens (including phenoxy) is 1. The lowest BCUT2D eigenvalue weighted by Gasteiger charge is -1.97. The van der Waals surface area contributed by atoms with Crippen molar-refractivity contribution < 1.29 is 9.84 Å². The molecule has 6 aromatic rings. The molecule has 0 atom stereocenters. The highest BCUT2D eigenvalue weighted by Crippen LogP contribution is 2.36. The van der Waals surface area contributed by atoms with Gasteiger partial charge < -0.3 is 9.84 Å². The smallest absolute Gasteiger partial charge is 0.369 e. The van der Waals surface area contributed by atoms with Gasteiger partial charge in [0.2, 0.25) is 0 Å². The van der Waals surface area contributed by atoms with Crippen molar-refractivity contribution in [1.29, 1.82) is 0 Å². The molecule has 6 rings (SSSR count). The Morgan fingerprint density at radius 1 is 0.622 bits per heavy atom. The van der Waals surface area contributed by atoms with Crippen molar-refractivity contribution in [2.45, 2.75) is 0 Å². The predicted octanol–water partition coefficient (Wildman–Crippen LogP) is 11.0. The van der Waals surface area contributed by atoms with Crippen LogP contribution in [-0.4, -0.2) is 15.4 Å². The Bertz CT molecular complexity index is 1570. The second-order valence-corrected chi connectivity index (χ2v) is 16.4. The Hall–Kier alpha value is -2.10. The van der Waals surface area contributed by atoms with Gasteiger partial charge in [0.1, 0.15) is 11.5 Å². The van der Waals surface area contributed by atoms with E-state index in [-0.39, 0.29) is 3.18 Å². The maximum absolute atomic E-state index is 9.42. The van der Waals surface area contributed by atoms with Gasteiger partial charge in [0.15, 0.2) is 0 Å². The van der Waals surface area contributed by atoms with E-state index in [0.717, 1.165) is 10.4 Å². The first-order valence-corrected chi connectivity index (χ1v) is 15.6. The number of aromatic hydroxyl groups is 1. The summed E-state index contributed by atoms with van der Waals surface area (Å²) >= 11 is 12.8. The molecule has 0 amide bonds. The maximum atomic E-state index is 9.42. The zero-order valence-electron chi connectivity index (χ0n) is 19.8. The Morgan fingerprint density at radius 2 is 1.08 bits per heavy atom. The largest absolute Gasteiger partial charge is 0.508 e. The Kier molecular flexibility index (Phi) is 10.3. The van der Waals surface area contributed by atoms with Crippen LogP contribution in [0, 0.1) is 0 Å². The molecule has 8 heteroatoms. The summed E-state index contributed by atoms with van der Waals surface area (Å²) in [6.45, 7) is 0. The number of fused-ring (bicyclic) bond motifs is 2. The lowest BCUT2D eigenvalue weighted by molar-refractivity contribution is 0.415. The van der Waals surface area contributed by atoms with Gasteiger partial charge in [-0.25, -0.2) is 0 Å². The predicted molar refractivity (Wildman–Crippen MR) is 175 cm³/mol. The van der Waals surface area contributed by atoms with Gasteiger partial charge in [0.05, 0.1) is 7.11 Å². The molecule has 0 radical (unpaired) electrons. The molecule has 0 aliphatic heterocycles. The molecular formula is C29H22BBr3O2S2. The molecule has 0 saturated heterocycles. The summed E-state index contributed by atoms with van der Waals surface area (Å²) in [4.78, 5) is 2.54. The fraction of sp³-hybridized carbons (Fsp3) is 0.0345. The lowest BCUT2D eigenvalue weighted by atomic mass is 10.1. The molecule has 0 aliphatic carbocycles. The zero-order valence-corrected chi connectivity index (χ0v) is 26.2. The molecule has 0 aliphatic rings. The molecule has 1 N–H and O–H groups in total. The van der Waals surface area contributed by atoms with Gasteiger partial charge >= 0.3 is 3.18 Å². The van der Waals surface area contributed by atoms with E-state index in [1.54, 1.807) is 35.8 Å². The summed E-state index contributed by atoms with van der Waals surface area (Å²) in [6, 6.07) is 36.8. The summed E-state index contributed by atoms with van der Waals surface area (Å²) in [7, 11) is 1.70. The molecule has 2 nitrogen and oxygen atoms in total. The topological polar surface area (TPSA) is 29.5 Å². The average molecular weight is 717 g/mol. The number of rotatable bonds is 3. The molecule has 0 bridgehead atoms. The molecule has 186 valence electrons. The Balaban J connectivity index is 0.000000152. The number of hydrogen-bond donors (Lipinski definition) is 1. The normalized spacial score (nSPS) is 10.3. The number of methoxy groups -OCH3 is 1. The van der Waals surface area contributed by atoms with Gasteiger partial charge in [-0.3, -0.25) is 0 Å². The van der Waals surface area contributed by atoms with E-state index in [0.29, 0.717) is 5.75 Å². The molecule has 0 unspecified atom stereocenters. The highest BCUT2D eigenvalue weighted by molar-refractivity contribution is 9.69. The number of hydrogen-bond acceptors (Lipinski definition) is 4. The molecule has 4 aromatic carbocycles. The zero-order chi connectivity index (χ0) is 26.2. The quantitative estimate of drug-likeness (QED) is 0.185. The summed E-state index contributed by atoms with van der Waals surface area (Å²) in [5.41, 5.74) is 2.50. The van der Waals surface area contributed by atoms with Crippen molar-refractivity contribution >= 4 is 93.3 Å². The molecule has 2 heterocycles. The second-order valence-electron chi connectivity index (χ2n) is 7.83. The van der Waals surface area contributed by atoms with Gasteiger partial charge in [0.25, 0.3) is 0 Å². The molecule has 2 aromatic heterocycles. The number of thiophene rings is 2. The molecule has 0 saturated carbocycles. The monoisotopic (exact) mass is 714 g/mol. The van der Waals surface area contributed by atoms with Gasteiger partial charge in [-0.05, 0) is 70.4 Å². The van der Waals surface area contributed by atoms with Crippen LogP contribution in [0.15, 0.2) is 109 Å². The standard InChI is InChI=1S/C15H12OS.C14H10OS.BBr3/c1-16-13-8-7-12-9-14(17-15(12)10-13)11-5-3-2-4-6-11;15-12-7-6-11-8-13(16-14(11)9-12)10-4-2-1-3-5-10;2-1(3)4/h2-10H,1H3;1-9,15H;. The van der Waals surface area contributed by atoms with Crippen molar-refractivity contribution in [3.63, 3.8) is 0 Å². The fourth-order valence-electron chi connectivity index (χ4n) is 3.65. The molecule has 37 heavy (non-hydrogen) atoms. The van der Waals surface area contributed by atoms with Gasteiger partial charge in [-0.1, -0.05) is 60.7 Å². The fourth-order valence-corrected chi connectivity index (χ4v) is 5.85. The van der Waals surface area contributed by atoms with Crippen molar-refractivity contribution in [2.24, 2.45) is 0 Å². The summed E-state index contributed by atoms with van der Waals surface area (Å²) < 4.78 is 7.91. The van der Waals surface area contributed by atoms with Crippen molar-refractivity contribution in [1.82, 2.24) is 0 Å². The van der Waals surface area contributed by atoms with Crippen LogP contribution >= 0.6 is 69.9 Å². The van der Waals surface area contributed by atoms with Crippen LogP contribution in [0.25, 0.3) is 41.1 Å². The van der Waals surface area contributed by atoms with Crippen LogP contribution < -0.4 is 4.74 Å². The summed E-state index contributed by atoms with van der Waals surface area (Å²) in [5, 5.41) is 11.9. The van der Waals surface area contributed by atoms with Gasteiger partial charge in [-0.15, -0.1) is 69.9 Å². The number of phenols is 1. The highest BCUT2D eigenvalue weighted by Gasteiger charge is 2.05. The first-order valence-electron chi connectivity index (χ1n) is 11.3. The second kappa shape index (κ2) is 13.6. The van der Waals surface area contributed by atoms with Crippen LogP contribution in [0.1, 0.15) is 0 Å². The van der Waals surface area contributed by atoms with E-state index in [9.17, 15) is 5.11 Å². The van der Waals surface area contributed by atoms with Crippen LogP contribution in [-0.2, 0) is 0 Å². The Morgan fingerprint density at radius 3 is 1.57 bits per heavy atom. The van der Waals surface area contributed by atoms with Gasteiger partial charge in [-0.2, -0.15) is 0 Å². The molecule has 0 fully saturated rings. The van der Waals surface area contributed by atoms with E-state index in [1.165, 1.54) is 36.4 Å². The van der Waals surface area contributed by atoms with Crippen molar-refractivity contribution in [2.75, 3.05) is 7.11 Å². The van der Waals surface area contributed by atoms with Crippen LogP contribution in [0.3, 0.4) is 0 Å². The third-order valence-corrected chi connectivity index (χ3v) is 7.64. The number of phenolic OH excluding ortho intramolecular Hbond substituents is 1. The highest BCUT2D eigenvalue weighted by atomic mass is 79.9. The van der Waals surface area contributed by atoms with Crippen molar-refractivity contribution in [3.05, 3.63) is 109 Å². The summed E-state index contributed by atoms with van der Waals surface area (Å²) in [5.74, 6) is 1.24. The lowest BCUT2D eigenvalue weighted by Crippen LogP contribution is -1.79. The molecular weight excluding hydrogens is 695 g/mol. The first kappa shape index (κ1) is 27.9. The third kappa shape index (κ3) is 7.95. The van der Waals surface area contributed by atoms with Gasteiger partial charge in [0, 0.05) is 19.2 Å². The third-order valence-electron chi connectivity index (χ3n) is 5.35. The number of benzene rings is 4. The first-order chi connectivity index (χ1) is 17.9. The molecule has 0 spiro atoms. The van der Waals surface area contributed by atoms with E-state index in [4.69, 9.17) is 4.74 Å². The van der Waals surface area contributed by atoms with Crippen LogP contribution in [0.2, 0.25) is 0 Å². The Labute approximate surface area is 249 Å². The van der Waals surface area contributed by atoms with E-state index in [2.05, 4.69) is 108 Å². The number of halogens is 3. The minimum atomic E-state index is 0.271. The average Bonchev–Trinajstić information content (AvgIpc) is 3.53. The van der Waals surface area contributed by atoms with E-state index < -0.39 is 0 Å². The maximum Gasteiger partial charge on any atom is 0.369 e.